The Bertz CT molecular complexity index is 238. The van der Waals surface area contributed by atoms with Crippen LogP contribution in [0.2, 0.25) is 0 Å². The van der Waals surface area contributed by atoms with Gasteiger partial charge < -0.3 is 4.90 Å². The topological polar surface area (TPSA) is 23.6 Å². The number of carbonyl (C=O) groups is 1. The Morgan fingerprint density at radius 1 is 1.33 bits per heavy atom. The Balaban J connectivity index is 2.77. The van der Waals surface area contributed by atoms with Gasteiger partial charge in [-0.1, -0.05) is 20.8 Å². The van der Waals surface area contributed by atoms with Crippen LogP contribution in [-0.4, -0.2) is 49.4 Å². The number of nitrogens with zero attached hydrogens (tertiary/aromatic N) is 2. The van der Waals surface area contributed by atoms with Crippen molar-refractivity contribution in [3.8, 4) is 0 Å². The second kappa shape index (κ2) is 4.52. The van der Waals surface area contributed by atoms with Gasteiger partial charge in [0.2, 0.25) is 5.91 Å². The first-order chi connectivity index (χ1) is 6.80. The average molecular weight is 212 g/mol. The first kappa shape index (κ1) is 12.5. The molecule has 0 aromatic rings. The summed E-state index contributed by atoms with van der Waals surface area (Å²) in [6.07, 6.45) is 1.18. The van der Waals surface area contributed by atoms with E-state index in [2.05, 4.69) is 25.7 Å². The maximum atomic E-state index is 11.8. The molecule has 3 heteroatoms. The van der Waals surface area contributed by atoms with E-state index in [0.29, 0.717) is 12.5 Å². The summed E-state index contributed by atoms with van der Waals surface area (Å²) < 4.78 is 0. The van der Waals surface area contributed by atoms with Crippen LogP contribution in [0.4, 0.5) is 0 Å². The van der Waals surface area contributed by atoms with Gasteiger partial charge in [0.15, 0.2) is 0 Å². The van der Waals surface area contributed by atoms with Crippen LogP contribution in [0, 0.1) is 11.3 Å². The van der Waals surface area contributed by atoms with Gasteiger partial charge in [-0.25, -0.2) is 0 Å². The lowest BCUT2D eigenvalue weighted by Gasteiger charge is -2.31. The second-order valence-electron chi connectivity index (χ2n) is 5.92. The molecule has 3 nitrogen and oxygen atoms in total. The zero-order valence-corrected chi connectivity index (χ0v) is 10.7. The number of hydrogen-bond donors (Lipinski definition) is 0. The van der Waals surface area contributed by atoms with E-state index >= 15 is 0 Å². The van der Waals surface area contributed by atoms with Gasteiger partial charge in [-0.3, -0.25) is 9.69 Å². The largest absolute Gasteiger partial charge is 0.344 e. The summed E-state index contributed by atoms with van der Waals surface area (Å²) in [4.78, 5) is 15.8. The van der Waals surface area contributed by atoms with E-state index in [1.807, 2.05) is 19.0 Å². The third-order valence-electron chi connectivity index (χ3n) is 3.02. The van der Waals surface area contributed by atoms with Crippen molar-refractivity contribution in [2.45, 2.75) is 27.2 Å². The average Bonchev–Trinajstić information content (AvgIpc) is 2.01. The minimum absolute atomic E-state index is 0.231. The van der Waals surface area contributed by atoms with Crippen LogP contribution >= 0.6 is 0 Å². The van der Waals surface area contributed by atoms with E-state index in [1.165, 1.54) is 6.42 Å². The van der Waals surface area contributed by atoms with Crippen LogP contribution in [0.15, 0.2) is 0 Å². The van der Waals surface area contributed by atoms with Crippen LogP contribution in [0.25, 0.3) is 0 Å². The van der Waals surface area contributed by atoms with E-state index in [0.717, 1.165) is 13.1 Å². The number of amides is 1. The minimum Gasteiger partial charge on any atom is -0.344 e. The van der Waals surface area contributed by atoms with Gasteiger partial charge in [-0.05, 0) is 24.8 Å². The molecule has 0 radical (unpaired) electrons. The molecule has 1 aliphatic rings. The normalized spacial score (nSPS) is 29.5. The molecule has 0 bridgehead atoms. The molecule has 1 rings (SSSR count). The molecule has 1 unspecified atom stereocenters. The lowest BCUT2D eigenvalue weighted by molar-refractivity contribution is -0.131. The Morgan fingerprint density at radius 2 is 1.93 bits per heavy atom. The molecule has 1 atom stereocenters. The van der Waals surface area contributed by atoms with E-state index in [9.17, 15) is 4.79 Å². The smallest absolute Gasteiger partial charge is 0.236 e. The van der Waals surface area contributed by atoms with E-state index in [-0.39, 0.29) is 11.3 Å². The summed E-state index contributed by atoms with van der Waals surface area (Å²) in [6, 6.07) is 0. The summed E-state index contributed by atoms with van der Waals surface area (Å²) in [5.41, 5.74) is 0.231. The highest BCUT2D eigenvalue weighted by Crippen LogP contribution is 2.27. The zero-order chi connectivity index (χ0) is 11.6. The van der Waals surface area contributed by atoms with Gasteiger partial charge in [0.25, 0.3) is 0 Å². The predicted octanol–water partition coefficient (Wildman–Crippen LogP) is 1.44. The minimum atomic E-state index is 0.231. The molecule has 0 N–H and O–H groups in total. The molecule has 1 saturated heterocycles. The molecule has 1 aliphatic heterocycles. The molecule has 0 aromatic carbocycles. The SMILES string of the molecule is CC1CN(C)CC(=O)N(C)CC(C)(C)C1. The summed E-state index contributed by atoms with van der Waals surface area (Å²) in [5, 5.41) is 0. The second-order valence-corrected chi connectivity index (χ2v) is 5.92. The third kappa shape index (κ3) is 3.82. The van der Waals surface area contributed by atoms with Crippen molar-refractivity contribution in [1.29, 1.82) is 0 Å². The van der Waals surface area contributed by atoms with Crippen LogP contribution in [0.1, 0.15) is 27.2 Å². The highest BCUT2D eigenvalue weighted by molar-refractivity contribution is 5.78. The van der Waals surface area contributed by atoms with Gasteiger partial charge in [-0.2, -0.15) is 0 Å². The van der Waals surface area contributed by atoms with Gasteiger partial charge in [0, 0.05) is 20.1 Å². The monoisotopic (exact) mass is 212 g/mol. The lowest BCUT2D eigenvalue weighted by Crippen LogP contribution is -2.39. The quantitative estimate of drug-likeness (QED) is 0.606. The molecule has 0 saturated carbocycles. The van der Waals surface area contributed by atoms with Crippen molar-refractivity contribution in [3.63, 3.8) is 0 Å². The first-order valence-electron chi connectivity index (χ1n) is 5.73. The Kier molecular flexibility index (Phi) is 3.77. The number of likely N-dealkylation sites (N-methyl/N-ethyl adjacent to an activating group) is 2. The molecule has 0 aromatic heterocycles. The van der Waals surface area contributed by atoms with Gasteiger partial charge in [0.1, 0.15) is 0 Å². The van der Waals surface area contributed by atoms with Gasteiger partial charge >= 0.3 is 0 Å². The fourth-order valence-corrected chi connectivity index (χ4v) is 2.75. The molecular formula is C12H24N2O. The number of rotatable bonds is 0. The van der Waals surface area contributed by atoms with E-state index in [4.69, 9.17) is 0 Å². The first-order valence-corrected chi connectivity index (χ1v) is 5.73. The zero-order valence-electron chi connectivity index (χ0n) is 10.7. The van der Waals surface area contributed by atoms with Crippen molar-refractivity contribution < 1.29 is 4.79 Å². The number of carbonyl (C=O) groups excluding carboxylic acids is 1. The fourth-order valence-electron chi connectivity index (χ4n) is 2.75. The molecule has 1 fully saturated rings. The van der Waals surface area contributed by atoms with Crippen molar-refractivity contribution in [3.05, 3.63) is 0 Å². The molecule has 1 amide bonds. The highest BCUT2D eigenvalue weighted by atomic mass is 16.2. The summed E-state index contributed by atoms with van der Waals surface area (Å²) in [6.45, 7) is 9.20. The highest BCUT2D eigenvalue weighted by Gasteiger charge is 2.27. The Morgan fingerprint density at radius 3 is 2.53 bits per heavy atom. The summed E-state index contributed by atoms with van der Waals surface area (Å²) in [7, 11) is 3.94. The van der Waals surface area contributed by atoms with Crippen molar-refractivity contribution in [2.24, 2.45) is 11.3 Å². The lowest BCUT2D eigenvalue weighted by atomic mass is 9.83. The van der Waals surface area contributed by atoms with Crippen molar-refractivity contribution >= 4 is 5.91 Å². The van der Waals surface area contributed by atoms with Crippen molar-refractivity contribution in [2.75, 3.05) is 33.7 Å². The van der Waals surface area contributed by atoms with Crippen LogP contribution in [-0.2, 0) is 4.79 Å². The molecular weight excluding hydrogens is 188 g/mol. The van der Waals surface area contributed by atoms with Crippen molar-refractivity contribution in [1.82, 2.24) is 9.80 Å². The molecule has 88 valence electrons. The van der Waals surface area contributed by atoms with Crippen LogP contribution < -0.4 is 0 Å². The summed E-state index contributed by atoms with van der Waals surface area (Å²) >= 11 is 0. The Labute approximate surface area is 93.4 Å². The predicted molar refractivity (Wildman–Crippen MR) is 62.7 cm³/mol. The summed E-state index contributed by atoms with van der Waals surface area (Å²) in [5.74, 6) is 0.893. The van der Waals surface area contributed by atoms with E-state index in [1.54, 1.807) is 0 Å². The maximum Gasteiger partial charge on any atom is 0.236 e. The molecule has 0 aliphatic carbocycles. The van der Waals surface area contributed by atoms with E-state index < -0.39 is 0 Å². The number of hydrogen-bond acceptors (Lipinski definition) is 2. The van der Waals surface area contributed by atoms with Crippen LogP contribution in [0.3, 0.4) is 0 Å². The maximum absolute atomic E-state index is 11.8. The standard InChI is InChI=1S/C12H24N2O/c1-10-6-12(2,3)9-14(5)11(15)8-13(4)7-10/h10H,6-9H2,1-5H3. The molecule has 15 heavy (non-hydrogen) atoms. The van der Waals surface area contributed by atoms with Gasteiger partial charge in [-0.15, -0.1) is 0 Å². The van der Waals surface area contributed by atoms with Crippen LogP contribution in [0.5, 0.6) is 0 Å². The van der Waals surface area contributed by atoms with Gasteiger partial charge in [0.05, 0.1) is 6.54 Å². The third-order valence-corrected chi connectivity index (χ3v) is 3.02. The Hall–Kier alpha value is -0.570. The molecule has 1 heterocycles. The fraction of sp³-hybridized carbons (Fsp3) is 0.917. The molecule has 0 spiro atoms.